The summed E-state index contributed by atoms with van der Waals surface area (Å²) >= 11 is 0. The molecule has 34 heavy (non-hydrogen) atoms. The van der Waals surface area contributed by atoms with Gasteiger partial charge in [-0.1, -0.05) is 26.8 Å². The summed E-state index contributed by atoms with van der Waals surface area (Å²) in [4.78, 5) is 52.8. The highest BCUT2D eigenvalue weighted by molar-refractivity contribution is 7.91. The lowest BCUT2D eigenvalue weighted by atomic mass is 9.85. The second kappa shape index (κ2) is 9.20. The van der Waals surface area contributed by atoms with Crippen molar-refractivity contribution in [3.63, 3.8) is 0 Å². The molecule has 0 aromatic carbocycles. The zero-order chi connectivity index (χ0) is 25.5. The van der Waals surface area contributed by atoms with Gasteiger partial charge in [-0.05, 0) is 37.5 Å². The van der Waals surface area contributed by atoms with E-state index in [0.717, 1.165) is 0 Å². The third-order valence-electron chi connectivity index (χ3n) is 6.65. The summed E-state index contributed by atoms with van der Waals surface area (Å²) in [5.74, 6) is -2.17. The maximum absolute atomic E-state index is 13.4. The molecule has 0 unspecified atom stereocenters. The van der Waals surface area contributed by atoms with Crippen molar-refractivity contribution in [2.24, 2.45) is 11.3 Å². The Bertz CT molecular complexity index is 986. The van der Waals surface area contributed by atoms with Crippen LogP contribution in [0.1, 0.15) is 52.9 Å². The molecule has 3 N–H and O–H groups in total. The van der Waals surface area contributed by atoms with E-state index in [1.165, 1.54) is 18.1 Å². The number of hydrogen-bond donors (Lipinski definition) is 3. The Morgan fingerprint density at radius 3 is 2.32 bits per heavy atom. The topological polar surface area (TPSA) is 151 Å². The standard InChI is InChI=1S/C22H34N4O7S/c1-6-13-12-22(13,19(29)25-34(31,32)14-9-10-14)24-17(27)15-8-7-11-26(15)18(28)16(21(2,3)4)23-20(30)33-5/h6,13-16H,1,7-12H2,2-5H3,(H,23,30)(H,24,27)(H,25,29)/t13-,15+,16-,22-/m1/s1. The van der Waals surface area contributed by atoms with Gasteiger partial charge < -0.3 is 20.3 Å². The van der Waals surface area contributed by atoms with Gasteiger partial charge in [0.05, 0.1) is 12.4 Å². The molecule has 3 rings (SSSR count). The second-order valence-electron chi connectivity index (χ2n) is 10.3. The minimum absolute atomic E-state index is 0.226. The number of likely N-dealkylation sites (tertiary alicyclic amines) is 1. The molecule has 0 radical (unpaired) electrons. The summed E-state index contributed by atoms with van der Waals surface area (Å²) in [5, 5.41) is 4.69. The molecular weight excluding hydrogens is 464 g/mol. The fourth-order valence-electron chi connectivity index (χ4n) is 4.31. The molecule has 190 valence electrons. The van der Waals surface area contributed by atoms with Crippen molar-refractivity contribution in [2.75, 3.05) is 13.7 Å². The van der Waals surface area contributed by atoms with Gasteiger partial charge in [-0.3, -0.25) is 19.1 Å². The highest BCUT2D eigenvalue weighted by atomic mass is 32.2. The first-order valence-electron chi connectivity index (χ1n) is 11.4. The van der Waals surface area contributed by atoms with Crippen molar-refractivity contribution in [3.05, 3.63) is 12.7 Å². The van der Waals surface area contributed by atoms with Crippen molar-refractivity contribution in [1.29, 1.82) is 0 Å². The summed E-state index contributed by atoms with van der Waals surface area (Å²) in [6.07, 6.45) is 2.93. The number of alkyl carbamates (subject to hydrolysis) is 1. The van der Waals surface area contributed by atoms with Gasteiger partial charge in [0.25, 0.3) is 5.91 Å². The van der Waals surface area contributed by atoms with Gasteiger partial charge >= 0.3 is 6.09 Å². The lowest BCUT2D eigenvalue weighted by molar-refractivity contribution is -0.142. The molecule has 4 atom stereocenters. The smallest absolute Gasteiger partial charge is 0.407 e. The average Bonchev–Trinajstić information content (AvgIpc) is 3.66. The summed E-state index contributed by atoms with van der Waals surface area (Å²) in [6.45, 7) is 9.35. The highest BCUT2D eigenvalue weighted by Crippen LogP contribution is 2.45. The van der Waals surface area contributed by atoms with Gasteiger partial charge in [0.2, 0.25) is 21.8 Å². The number of sulfonamides is 1. The molecule has 0 aromatic heterocycles. The Hall–Kier alpha value is -2.63. The van der Waals surface area contributed by atoms with Crippen LogP contribution in [0.15, 0.2) is 12.7 Å². The molecule has 0 bridgehead atoms. The molecule has 1 heterocycles. The predicted octanol–water partition coefficient (Wildman–Crippen LogP) is 0.417. The number of amides is 4. The SMILES string of the molecule is C=C[C@@H]1C[C@]1(NC(=O)[C@@H]1CCCN1C(=O)[C@@H](NC(=O)OC)C(C)(C)C)C(=O)NS(=O)(=O)C1CC1. The van der Waals surface area contributed by atoms with E-state index in [1.54, 1.807) is 20.8 Å². The normalized spacial score (nSPS) is 27.4. The van der Waals surface area contributed by atoms with E-state index in [-0.39, 0.29) is 6.42 Å². The summed E-state index contributed by atoms with van der Waals surface area (Å²) < 4.78 is 31.3. The van der Waals surface area contributed by atoms with Crippen molar-refractivity contribution in [1.82, 2.24) is 20.3 Å². The monoisotopic (exact) mass is 498 g/mol. The van der Waals surface area contributed by atoms with E-state index in [2.05, 4.69) is 26.7 Å². The Morgan fingerprint density at radius 2 is 1.82 bits per heavy atom. The van der Waals surface area contributed by atoms with Crippen LogP contribution in [0.3, 0.4) is 0 Å². The number of ether oxygens (including phenoxy) is 1. The van der Waals surface area contributed by atoms with Crippen LogP contribution in [0.2, 0.25) is 0 Å². The van der Waals surface area contributed by atoms with Gasteiger partial charge in [-0.25, -0.2) is 13.2 Å². The van der Waals surface area contributed by atoms with E-state index < -0.39 is 68.0 Å². The van der Waals surface area contributed by atoms with Crippen LogP contribution in [-0.2, 0) is 29.1 Å². The van der Waals surface area contributed by atoms with E-state index in [4.69, 9.17) is 0 Å². The van der Waals surface area contributed by atoms with Crippen molar-refractivity contribution >= 4 is 33.8 Å². The van der Waals surface area contributed by atoms with Gasteiger partial charge in [0.15, 0.2) is 0 Å². The maximum atomic E-state index is 13.4. The van der Waals surface area contributed by atoms with Gasteiger partial charge in [0.1, 0.15) is 17.6 Å². The first-order valence-corrected chi connectivity index (χ1v) is 13.0. The lowest BCUT2D eigenvalue weighted by Gasteiger charge is -2.35. The van der Waals surface area contributed by atoms with E-state index >= 15 is 0 Å². The first kappa shape index (κ1) is 26.0. The van der Waals surface area contributed by atoms with Crippen LogP contribution < -0.4 is 15.4 Å². The van der Waals surface area contributed by atoms with Crippen LogP contribution in [-0.4, -0.2) is 73.7 Å². The van der Waals surface area contributed by atoms with Crippen LogP contribution in [0.4, 0.5) is 4.79 Å². The Labute approximate surface area is 200 Å². The fraction of sp³-hybridized carbons (Fsp3) is 0.727. The van der Waals surface area contributed by atoms with Gasteiger partial charge in [-0.2, -0.15) is 0 Å². The van der Waals surface area contributed by atoms with E-state index in [9.17, 15) is 27.6 Å². The largest absolute Gasteiger partial charge is 0.453 e. The molecule has 3 fully saturated rings. The van der Waals surface area contributed by atoms with Crippen molar-refractivity contribution in [2.45, 2.75) is 75.7 Å². The zero-order valence-corrected chi connectivity index (χ0v) is 20.9. The minimum Gasteiger partial charge on any atom is -0.453 e. The van der Waals surface area contributed by atoms with Crippen LogP contribution >= 0.6 is 0 Å². The Morgan fingerprint density at radius 1 is 1.18 bits per heavy atom. The molecule has 12 heteroatoms. The molecule has 11 nitrogen and oxygen atoms in total. The quantitative estimate of drug-likeness (QED) is 0.410. The number of carbonyl (C=O) groups excluding carboxylic acids is 4. The third kappa shape index (κ3) is 5.21. The molecular formula is C22H34N4O7S. The number of nitrogens with zero attached hydrogens (tertiary/aromatic N) is 1. The Kier molecular flexibility index (Phi) is 7.03. The number of hydrogen-bond acceptors (Lipinski definition) is 7. The first-order chi connectivity index (χ1) is 15.8. The van der Waals surface area contributed by atoms with Crippen LogP contribution in [0.25, 0.3) is 0 Å². The second-order valence-corrected chi connectivity index (χ2v) is 12.3. The van der Waals surface area contributed by atoms with E-state index in [0.29, 0.717) is 32.2 Å². The molecule has 1 saturated heterocycles. The maximum Gasteiger partial charge on any atom is 0.407 e. The fourth-order valence-corrected chi connectivity index (χ4v) is 5.68. The van der Waals surface area contributed by atoms with E-state index in [1.807, 2.05) is 0 Å². The molecule has 2 aliphatic carbocycles. The van der Waals surface area contributed by atoms with Crippen molar-refractivity contribution < 1.29 is 32.3 Å². The number of methoxy groups -OCH3 is 1. The van der Waals surface area contributed by atoms with Crippen LogP contribution in [0.5, 0.6) is 0 Å². The summed E-state index contributed by atoms with van der Waals surface area (Å²) in [5.41, 5.74) is -2.07. The molecule has 0 spiro atoms. The van der Waals surface area contributed by atoms with Crippen LogP contribution in [0, 0.1) is 11.3 Å². The van der Waals surface area contributed by atoms with Gasteiger partial charge in [0, 0.05) is 12.5 Å². The third-order valence-corrected chi connectivity index (χ3v) is 8.47. The summed E-state index contributed by atoms with van der Waals surface area (Å²) in [7, 11) is -2.58. The Balaban J connectivity index is 1.75. The summed E-state index contributed by atoms with van der Waals surface area (Å²) in [6, 6.07) is -1.79. The highest BCUT2D eigenvalue weighted by Gasteiger charge is 2.61. The molecule has 2 saturated carbocycles. The minimum atomic E-state index is -3.78. The number of rotatable bonds is 8. The van der Waals surface area contributed by atoms with Gasteiger partial charge in [-0.15, -0.1) is 6.58 Å². The molecule has 4 amide bonds. The number of nitrogens with one attached hydrogen (secondary N) is 3. The average molecular weight is 499 g/mol. The molecule has 3 aliphatic rings. The lowest BCUT2D eigenvalue weighted by Crippen LogP contribution is -2.60. The number of carbonyl (C=O) groups is 4. The molecule has 1 aliphatic heterocycles. The van der Waals surface area contributed by atoms with Crippen molar-refractivity contribution in [3.8, 4) is 0 Å². The predicted molar refractivity (Wildman–Crippen MR) is 123 cm³/mol. The zero-order valence-electron chi connectivity index (χ0n) is 20.0. The molecule has 0 aromatic rings.